The minimum atomic E-state index is -1.23. The molecule has 0 aromatic heterocycles. The van der Waals surface area contributed by atoms with Gasteiger partial charge in [0.2, 0.25) is 0 Å². The molecule has 0 rings (SSSR count). The average molecular weight is 281 g/mol. The van der Waals surface area contributed by atoms with Gasteiger partial charge in [-0.2, -0.15) is 5.26 Å². The third-order valence-electron chi connectivity index (χ3n) is 2.77. The Labute approximate surface area is 120 Å². The monoisotopic (exact) mass is 281 g/mol. The Morgan fingerprint density at radius 3 is 2.40 bits per heavy atom. The van der Waals surface area contributed by atoms with E-state index in [2.05, 4.69) is 6.92 Å². The first-order valence-corrected chi connectivity index (χ1v) is 7.03. The number of aliphatic hydroxyl groups is 1. The summed E-state index contributed by atoms with van der Waals surface area (Å²) in [6.45, 7) is 3.66. The van der Waals surface area contributed by atoms with E-state index in [1.54, 1.807) is 6.07 Å². The number of ether oxygens (including phenoxy) is 1. The number of hydrogen-bond donors (Lipinski definition) is 1. The van der Waals surface area contributed by atoms with Crippen LogP contribution in [0.25, 0.3) is 0 Å². The van der Waals surface area contributed by atoms with Gasteiger partial charge in [0.1, 0.15) is 17.7 Å². The number of esters is 1. The number of rotatable bonds is 10. The predicted octanol–water partition coefficient (Wildman–Crippen LogP) is 2.29. The van der Waals surface area contributed by atoms with Crippen LogP contribution in [0, 0.1) is 11.3 Å². The minimum absolute atomic E-state index is 0.243. The number of carbonyl (C=O) groups is 2. The highest BCUT2D eigenvalue weighted by Gasteiger charge is 2.14. The van der Waals surface area contributed by atoms with Crippen molar-refractivity contribution in [2.24, 2.45) is 0 Å². The summed E-state index contributed by atoms with van der Waals surface area (Å²) in [5.41, 5.74) is -0.373. The molecule has 0 aliphatic carbocycles. The van der Waals surface area contributed by atoms with Gasteiger partial charge < -0.3 is 9.84 Å². The highest BCUT2D eigenvalue weighted by atomic mass is 16.5. The number of carbonyl (C=O) groups excluding carboxylic acids is 2. The van der Waals surface area contributed by atoms with E-state index < -0.39 is 17.9 Å². The molecule has 0 aliphatic heterocycles. The second-order valence-electron chi connectivity index (χ2n) is 4.65. The van der Waals surface area contributed by atoms with E-state index in [4.69, 9.17) is 15.1 Å². The van der Waals surface area contributed by atoms with E-state index >= 15 is 0 Å². The molecule has 0 fully saturated rings. The maximum absolute atomic E-state index is 11.5. The topological polar surface area (TPSA) is 87.4 Å². The van der Waals surface area contributed by atoms with Crippen molar-refractivity contribution in [1.29, 1.82) is 5.26 Å². The molecule has 5 nitrogen and oxygen atoms in total. The molecule has 1 unspecified atom stereocenters. The second kappa shape index (κ2) is 11.2. The summed E-state index contributed by atoms with van der Waals surface area (Å²) in [5, 5.41) is 17.8. The third-order valence-corrected chi connectivity index (χ3v) is 2.77. The Hall–Kier alpha value is -1.67. The third kappa shape index (κ3) is 8.44. The van der Waals surface area contributed by atoms with Crippen molar-refractivity contribution in [2.45, 2.75) is 58.5 Å². The molecule has 0 aromatic rings. The fourth-order valence-corrected chi connectivity index (χ4v) is 1.52. The Morgan fingerprint density at radius 2 is 1.85 bits per heavy atom. The first-order valence-electron chi connectivity index (χ1n) is 7.03. The molecule has 0 bridgehead atoms. The molecule has 1 N–H and O–H groups in total. The van der Waals surface area contributed by atoms with Gasteiger partial charge in [-0.3, -0.25) is 4.79 Å². The Bertz CT molecular complexity index is 380. The first-order chi connectivity index (χ1) is 9.52. The molecular weight excluding hydrogens is 258 g/mol. The summed E-state index contributed by atoms with van der Waals surface area (Å²) in [5.74, 6) is -1.49. The second-order valence-corrected chi connectivity index (χ2v) is 4.65. The number of aliphatic hydroxyl groups excluding tert-OH is 1. The summed E-state index contributed by atoms with van der Waals surface area (Å²) in [4.78, 5) is 22.7. The number of nitrogens with zero attached hydrogens (tertiary/aromatic N) is 1. The van der Waals surface area contributed by atoms with Crippen molar-refractivity contribution in [3.05, 3.63) is 11.6 Å². The van der Waals surface area contributed by atoms with Crippen molar-refractivity contribution in [3.63, 3.8) is 0 Å². The molecule has 112 valence electrons. The molecular formula is C15H23NO4. The van der Waals surface area contributed by atoms with Gasteiger partial charge in [0.25, 0.3) is 0 Å². The molecule has 0 spiro atoms. The van der Waals surface area contributed by atoms with Crippen LogP contribution in [0.3, 0.4) is 0 Å². The SMILES string of the molecule is CCCCCCCCOC(=O)/C(C#N)=C/C(=O)C(C)O. The van der Waals surface area contributed by atoms with Crippen molar-refractivity contribution in [1.82, 2.24) is 0 Å². The largest absolute Gasteiger partial charge is 0.462 e. The predicted molar refractivity (Wildman–Crippen MR) is 74.7 cm³/mol. The number of hydrogen-bond acceptors (Lipinski definition) is 5. The summed E-state index contributed by atoms with van der Waals surface area (Å²) in [7, 11) is 0. The van der Waals surface area contributed by atoms with Gasteiger partial charge in [-0.15, -0.1) is 0 Å². The van der Waals surface area contributed by atoms with Crippen molar-refractivity contribution in [2.75, 3.05) is 6.61 Å². The lowest BCUT2D eigenvalue weighted by molar-refractivity contribution is -0.139. The Morgan fingerprint density at radius 1 is 1.25 bits per heavy atom. The number of nitriles is 1. The number of unbranched alkanes of at least 4 members (excludes halogenated alkanes) is 5. The molecule has 0 amide bonds. The van der Waals surface area contributed by atoms with Gasteiger partial charge in [-0.25, -0.2) is 4.79 Å². The highest BCUT2D eigenvalue weighted by molar-refractivity contribution is 6.03. The van der Waals surface area contributed by atoms with E-state index in [0.717, 1.165) is 25.3 Å². The van der Waals surface area contributed by atoms with Crippen LogP contribution >= 0.6 is 0 Å². The molecule has 5 heteroatoms. The summed E-state index contributed by atoms with van der Waals surface area (Å²) in [6, 6.07) is 1.61. The van der Waals surface area contributed by atoms with Crippen LogP contribution in [0.15, 0.2) is 11.6 Å². The van der Waals surface area contributed by atoms with E-state index in [1.807, 2.05) is 0 Å². The fraction of sp³-hybridized carbons (Fsp3) is 0.667. The maximum atomic E-state index is 11.5. The van der Waals surface area contributed by atoms with Crippen LogP contribution in [0.1, 0.15) is 52.4 Å². The first kappa shape index (κ1) is 18.3. The quantitative estimate of drug-likeness (QED) is 0.287. The standard InChI is InChI=1S/C15H23NO4/c1-3-4-5-6-7-8-9-20-15(19)13(11-16)10-14(18)12(2)17/h10,12,17H,3-9H2,1-2H3/b13-10+. The minimum Gasteiger partial charge on any atom is -0.462 e. The molecule has 0 saturated heterocycles. The molecule has 0 aliphatic rings. The maximum Gasteiger partial charge on any atom is 0.349 e. The van der Waals surface area contributed by atoms with Gasteiger partial charge in [-0.1, -0.05) is 39.0 Å². The molecule has 1 atom stereocenters. The lowest BCUT2D eigenvalue weighted by Gasteiger charge is -2.04. The van der Waals surface area contributed by atoms with Gasteiger partial charge in [0.15, 0.2) is 5.78 Å². The lowest BCUT2D eigenvalue weighted by Crippen LogP contribution is -2.16. The van der Waals surface area contributed by atoms with Crippen LogP contribution in [-0.4, -0.2) is 29.6 Å². The van der Waals surface area contributed by atoms with Crippen LogP contribution in [0.4, 0.5) is 0 Å². The van der Waals surface area contributed by atoms with Crippen molar-refractivity contribution >= 4 is 11.8 Å². The molecule has 0 saturated carbocycles. The van der Waals surface area contributed by atoms with E-state index in [1.165, 1.54) is 26.2 Å². The summed E-state index contributed by atoms with van der Waals surface area (Å²) in [6.07, 6.45) is 6.00. The van der Waals surface area contributed by atoms with Gasteiger partial charge >= 0.3 is 5.97 Å². The smallest absolute Gasteiger partial charge is 0.349 e. The number of ketones is 1. The van der Waals surface area contributed by atoms with E-state index in [-0.39, 0.29) is 12.2 Å². The lowest BCUT2D eigenvalue weighted by atomic mass is 10.1. The summed E-state index contributed by atoms with van der Waals surface area (Å²) < 4.78 is 4.92. The zero-order valence-electron chi connectivity index (χ0n) is 12.2. The average Bonchev–Trinajstić information content (AvgIpc) is 2.43. The molecule has 0 aromatic carbocycles. The fourth-order valence-electron chi connectivity index (χ4n) is 1.52. The highest BCUT2D eigenvalue weighted by Crippen LogP contribution is 2.06. The Kier molecular flexibility index (Phi) is 10.2. The van der Waals surface area contributed by atoms with Crippen LogP contribution in [0.5, 0.6) is 0 Å². The van der Waals surface area contributed by atoms with E-state index in [0.29, 0.717) is 0 Å². The Balaban J connectivity index is 4.01. The van der Waals surface area contributed by atoms with Crippen LogP contribution in [-0.2, 0) is 14.3 Å². The van der Waals surface area contributed by atoms with Crippen molar-refractivity contribution in [3.8, 4) is 6.07 Å². The van der Waals surface area contributed by atoms with Gasteiger partial charge in [0.05, 0.1) is 6.61 Å². The van der Waals surface area contributed by atoms with Gasteiger partial charge in [0, 0.05) is 6.08 Å². The van der Waals surface area contributed by atoms with E-state index in [9.17, 15) is 9.59 Å². The van der Waals surface area contributed by atoms with Crippen LogP contribution < -0.4 is 0 Å². The van der Waals surface area contributed by atoms with Crippen LogP contribution in [0.2, 0.25) is 0 Å². The normalized spacial score (nSPS) is 12.6. The van der Waals surface area contributed by atoms with Gasteiger partial charge in [-0.05, 0) is 13.3 Å². The molecule has 0 radical (unpaired) electrons. The zero-order valence-corrected chi connectivity index (χ0v) is 12.2. The van der Waals surface area contributed by atoms with Crippen molar-refractivity contribution < 1.29 is 19.4 Å². The zero-order chi connectivity index (χ0) is 15.4. The molecule has 20 heavy (non-hydrogen) atoms. The summed E-state index contributed by atoms with van der Waals surface area (Å²) >= 11 is 0. The molecule has 0 heterocycles.